The molecule has 1 amide bonds. The molecule has 0 unspecified atom stereocenters. The first kappa shape index (κ1) is 17.6. The van der Waals surface area contributed by atoms with Gasteiger partial charge in [-0.2, -0.15) is 5.10 Å². The summed E-state index contributed by atoms with van der Waals surface area (Å²) in [6.07, 6.45) is 3.45. The van der Waals surface area contributed by atoms with Crippen molar-refractivity contribution in [1.82, 2.24) is 15.1 Å². The van der Waals surface area contributed by atoms with Gasteiger partial charge in [-0.1, -0.05) is 13.8 Å². The first-order chi connectivity index (χ1) is 12.1. The Morgan fingerprint density at radius 3 is 2.68 bits per heavy atom. The second-order valence-electron chi connectivity index (χ2n) is 6.21. The van der Waals surface area contributed by atoms with E-state index < -0.39 is 0 Å². The van der Waals surface area contributed by atoms with Crippen molar-refractivity contribution in [2.75, 3.05) is 13.2 Å². The summed E-state index contributed by atoms with van der Waals surface area (Å²) in [5.41, 5.74) is 2.98. The Balaban J connectivity index is 1.89. The van der Waals surface area contributed by atoms with Crippen LogP contribution in [0.2, 0.25) is 0 Å². The fourth-order valence-corrected chi connectivity index (χ4v) is 3.24. The van der Waals surface area contributed by atoms with Crippen molar-refractivity contribution < 1.29 is 13.9 Å². The zero-order valence-corrected chi connectivity index (χ0v) is 14.7. The highest BCUT2D eigenvalue weighted by Gasteiger charge is 2.24. The number of amides is 1. The average molecular weight is 345 g/mol. The summed E-state index contributed by atoms with van der Waals surface area (Å²) in [5.74, 6) is -0.406. The van der Waals surface area contributed by atoms with Crippen LogP contribution in [0.15, 0.2) is 24.3 Å². The van der Waals surface area contributed by atoms with Crippen molar-refractivity contribution in [2.24, 2.45) is 0 Å². The van der Waals surface area contributed by atoms with Gasteiger partial charge in [-0.15, -0.1) is 0 Å². The molecule has 1 aromatic heterocycles. The van der Waals surface area contributed by atoms with Crippen molar-refractivity contribution in [3.63, 3.8) is 0 Å². The predicted molar refractivity (Wildman–Crippen MR) is 93.6 cm³/mol. The van der Waals surface area contributed by atoms with Gasteiger partial charge in [0.25, 0.3) is 5.91 Å². The van der Waals surface area contributed by atoms with Gasteiger partial charge >= 0.3 is 0 Å². The number of nitrogens with one attached hydrogen (secondary N) is 1. The van der Waals surface area contributed by atoms with Crippen LogP contribution in [0.1, 0.15) is 48.4 Å². The van der Waals surface area contributed by atoms with Crippen LogP contribution >= 0.6 is 0 Å². The number of benzene rings is 1. The molecule has 25 heavy (non-hydrogen) atoms. The van der Waals surface area contributed by atoms with Crippen molar-refractivity contribution in [2.45, 2.75) is 45.6 Å². The average Bonchev–Trinajstić information content (AvgIpc) is 3.27. The number of carbonyl (C=O) groups is 1. The van der Waals surface area contributed by atoms with Gasteiger partial charge in [-0.3, -0.25) is 4.79 Å². The van der Waals surface area contributed by atoms with Crippen LogP contribution in [0.4, 0.5) is 4.39 Å². The molecule has 0 spiro atoms. The summed E-state index contributed by atoms with van der Waals surface area (Å²) in [7, 11) is 0. The van der Waals surface area contributed by atoms with Crippen LogP contribution in [-0.4, -0.2) is 34.9 Å². The summed E-state index contributed by atoms with van der Waals surface area (Å²) in [5, 5.41) is 7.59. The Bertz CT molecular complexity index is 734. The summed E-state index contributed by atoms with van der Waals surface area (Å²) in [4.78, 5) is 12.8. The maximum absolute atomic E-state index is 13.2. The summed E-state index contributed by atoms with van der Waals surface area (Å²) < 4.78 is 20.5. The van der Waals surface area contributed by atoms with Crippen LogP contribution in [0.3, 0.4) is 0 Å². The van der Waals surface area contributed by atoms with Crippen LogP contribution in [-0.2, 0) is 17.6 Å². The first-order valence-electron chi connectivity index (χ1n) is 8.90. The predicted octanol–water partition coefficient (Wildman–Crippen LogP) is 3.05. The molecule has 2 heterocycles. The van der Waals surface area contributed by atoms with Crippen molar-refractivity contribution in [1.29, 1.82) is 0 Å². The van der Waals surface area contributed by atoms with Gasteiger partial charge in [0.1, 0.15) is 5.82 Å². The molecule has 1 aliphatic heterocycles. The van der Waals surface area contributed by atoms with E-state index in [0.717, 1.165) is 36.5 Å². The molecule has 6 heteroatoms. The van der Waals surface area contributed by atoms with E-state index >= 15 is 0 Å². The third-order valence-electron chi connectivity index (χ3n) is 4.54. The minimum absolute atomic E-state index is 0.103. The minimum Gasteiger partial charge on any atom is -0.376 e. The van der Waals surface area contributed by atoms with Gasteiger partial charge in [0, 0.05) is 13.2 Å². The Morgan fingerprint density at radius 1 is 1.32 bits per heavy atom. The Hall–Kier alpha value is -2.21. The highest BCUT2D eigenvalue weighted by Crippen LogP contribution is 2.21. The van der Waals surface area contributed by atoms with E-state index in [4.69, 9.17) is 4.74 Å². The number of ether oxygens (including phenoxy) is 1. The molecule has 1 fully saturated rings. The number of aromatic nitrogens is 2. The Labute approximate surface area is 147 Å². The molecule has 1 N–H and O–H groups in total. The molecule has 1 aliphatic rings. The number of hydrogen-bond acceptors (Lipinski definition) is 3. The lowest BCUT2D eigenvalue weighted by Crippen LogP contribution is -2.32. The number of aryl methyl sites for hydroxylation is 1. The normalized spacial score (nSPS) is 17.0. The van der Waals surface area contributed by atoms with Crippen molar-refractivity contribution in [3.8, 4) is 5.69 Å². The van der Waals surface area contributed by atoms with Crippen LogP contribution in [0.5, 0.6) is 0 Å². The van der Waals surface area contributed by atoms with E-state index in [-0.39, 0.29) is 17.8 Å². The molecular formula is C19H24FN3O2. The Kier molecular flexibility index (Phi) is 5.48. The zero-order chi connectivity index (χ0) is 17.8. The molecule has 3 rings (SSSR count). The van der Waals surface area contributed by atoms with E-state index in [9.17, 15) is 9.18 Å². The largest absolute Gasteiger partial charge is 0.376 e. The highest BCUT2D eigenvalue weighted by molar-refractivity contribution is 5.96. The van der Waals surface area contributed by atoms with Crippen LogP contribution < -0.4 is 5.32 Å². The number of rotatable bonds is 6. The SMILES string of the molecule is CCc1nn(-c2ccc(F)cc2)c(CC)c1C(=O)NC[C@@H]1CCCO1. The minimum atomic E-state index is -0.292. The second kappa shape index (κ2) is 7.78. The third kappa shape index (κ3) is 3.74. The maximum Gasteiger partial charge on any atom is 0.255 e. The molecule has 0 aliphatic carbocycles. The summed E-state index contributed by atoms with van der Waals surface area (Å²) >= 11 is 0. The topological polar surface area (TPSA) is 56.2 Å². The fraction of sp³-hybridized carbons (Fsp3) is 0.474. The lowest BCUT2D eigenvalue weighted by atomic mass is 10.1. The third-order valence-corrected chi connectivity index (χ3v) is 4.54. The molecule has 5 nitrogen and oxygen atoms in total. The number of hydrogen-bond donors (Lipinski definition) is 1. The van der Waals surface area contributed by atoms with E-state index in [1.165, 1.54) is 12.1 Å². The molecular weight excluding hydrogens is 321 g/mol. The summed E-state index contributed by atoms with van der Waals surface area (Å²) in [6.45, 7) is 5.26. The van der Waals surface area contributed by atoms with Crippen LogP contribution in [0, 0.1) is 5.82 Å². The molecule has 0 saturated carbocycles. The molecule has 1 saturated heterocycles. The lowest BCUT2D eigenvalue weighted by molar-refractivity contribution is 0.0856. The van der Waals surface area contributed by atoms with Gasteiger partial charge < -0.3 is 10.1 Å². The van der Waals surface area contributed by atoms with Gasteiger partial charge in [0.05, 0.1) is 28.7 Å². The summed E-state index contributed by atoms with van der Waals surface area (Å²) in [6, 6.07) is 6.16. The number of halogens is 1. The van der Waals surface area contributed by atoms with E-state index in [1.807, 2.05) is 13.8 Å². The van der Waals surface area contributed by atoms with Gasteiger partial charge in [-0.05, 0) is 49.9 Å². The van der Waals surface area contributed by atoms with Crippen molar-refractivity contribution >= 4 is 5.91 Å². The van der Waals surface area contributed by atoms with Gasteiger partial charge in [0.2, 0.25) is 0 Å². The molecule has 1 atom stereocenters. The maximum atomic E-state index is 13.2. The zero-order valence-electron chi connectivity index (χ0n) is 14.7. The van der Waals surface area contributed by atoms with E-state index in [0.29, 0.717) is 24.9 Å². The van der Waals surface area contributed by atoms with Gasteiger partial charge in [-0.25, -0.2) is 9.07 Å². The molecule has 0 bridgehead atoms. The smallest absolute Gasteiger partial charge is 0.255 e. The fourth-order valence-electron chi connectivity index (χ4n) is 3.24. The molecule has 0 radical (unpaired) electrons. The molecule has 2 aromatic rings. The number of carbonyl (C=O) groups excluding carboxylic acids is 1. The Morgan fingerprint density at radius 2 is 2.08 bits per heavy atom. The van der Waals surface area contributed by atoms with E-state index in [2.05, 4.69) is 10.4 Å². The molecule has 134 valence electrons. The van der Waals surface area contributed by atoms with Crippen LogP contribution in [0.25, 0.3) is 5.69 Å². The molecule has 1 aromatic carbocycles. The first-order valence-corrected chi connectivity index (χ1v) is 8.90. The quantitative estimate of drug-likeness (QED) is 0.875. The van der Waals surface area contributed by atoms with E-state index in [1.54, 1.807) is 16.8 Å². The van der Waals surface area contributed by atoms with Crippen molar-refractivity contribution in [3.05, 3.63) is 47.0 Å². The lowest BCUT2D eigenvalue weighted by Gasteiger charge is -2.12. The second-order valence-corrected chi connectivity index (χ2v) is 6.21. The standard InChI is InChI=1S/C19H24FN3O2/c1-3-16-18(19(24)21-12-15-6-5-11-25-15)17(4-2)23(22-16)14-9-7-13(20)8-10-14/h7-10,15H,3-6,11-12H2,1-2H3,(H,21,24)/t15-/m0/s1. The van der Waals surface area contributed by atoms with Gasteiger partial charge in [0.15, 0.2) is 0 Å². The number of nitrogens with zero attached hydrogens (tertiary/aromatic N) is 2. The monoisotopic (exact) mass is 345 g/mol. The highest BCUT2D eigenvalue weighted by atomic mass is 19.1.